The van der Waals surface area contributed by atoms with E-state index < -0.39 is 17.0 Å². The van der Waals surface area contributed by atoms with Crippen LogP contribution in [0.5, 0.6) is 0 Å². The number of aliphatic hydroxyl groups is 1. The van der Waals surface area contributed by atoms with Gasteiger partial charge in [0.05, 0.1) is 28.6 Å². The molecule has 0 amide bonds. The van der Waals surface area contributed by atoms with Crippen molar-refractivity contribution in [3.8, 4) is 11.1 Å². The van der Waals surface area contributed by atoms with Gasteiger partial charge in [-0.05, 0) is 74.1 Å². The molecule has 2 unspecified atom stereocenters. The summed E-state index contributed by atoms with van der Waals surface area (Å²) in [6, 6.07) is 10.1. The standard InChI is InChI=1S/C25H24ClFO3/c1-4-13-5-6-14(16-8-7-15(26)12-18(16)27)11-17(13)19-22(28)20-21(23(19)29)25(3)10-9-24(20,2)30-25/h5-8,11-12,20-21,28H,4,9-10H2,1-3H3/t20-,21+,24?,25?/m1/s1. The van der Waals surface area contributed by atoms with Crippen LogP contribution in [-0.4, -0.2) is 22.1 Å². The maximum absolute atomic E-state index is 14.6. The van der Waals surface area contributed by atoms with Gasteiger partial charge in [-0.1, -0.05) is 30.7 Å². The Morgan fingerprint density at radius 1 is 1.10 bits per heavy atom. The van der Waals surface area contributed by atoms with E-state index in [-0.39, 0.29) is 23.4 Å². The first-order valence-corrected chi connectivity index (χ1v) is 10.8. The molecule has 2 saturated heterocycles. The number of benzene rings is 2. The van der Waals surface area contributed by atoms with Gasteiger partial charge in [0.15, 0.2) is 5.78 Å². The zero-order valence-corrected chi connectivity index (χ0v) is 18.0. The molecule has 1 aliphatic carbocycles. The van der Waals surface area contributed by atoms with Crippen LogP contribution in [0, 0.1) is 17.7 Å². The van der Waals surface area contributed by atoms with E-state index in [1.54, 1.807) is 12.1 Å². The van der Waals surface area contributed by atoms with Crippen LogP contribution in [0.25, 0.3) is 16.7 Å². The van der Waals surface area contributed by atoms with Crippen molar-refractivity contribution in [2.24, 2.45) is 11.8 Å². The molecule has 30 heavy (non-hydrogen) atoms. The molecule has 0 saturated carbocycles. The van der Waals surface area contributed by atoms with Gasteiger partial charge in [0.25, 0.3) is 0 Å². The molecule has 0 radical (unpaired) electrons. The third-order valence-corrected chi connectivity index (χ3v) is 7.55. The number of hydrogen-bond donors (Lipinski definition) is 1. The highest BCUT2D eigenvalue weighted by molar-refractivity contribution is 6.30. The summed E-state index contributed by atoms with van der Waals surface area (Å²) < 4.78 is 20.8. The molecule has 3 nitrogen and oxygen atoms in total. The Hall–Kier alpha value is -2.17. The number of ketones is 1. The van der Waals surface area contributed by atoms with E-state index in [0.717, 1.165) is 18.4 Å². The number of carbonyl (C=O) groups excluding carboxylic acids is 1. The number of rotatable bonds is 3. The molecule has 5 heteroatoms. The third-order valence-electron chi connectivity index (χ3n) is 7.32. The third kappa shape index (κ3) is 2.56. The Kier molecular flexibility index (Phi) is 4.23. The van der Waals surface area contributed by atoms with E-state index in [2.05, 4.69) is 0 Å². The molecule has 5 rings (SSSR count). The van der Waals surface area contributed by atoms with Crippen LogP contribution >= 0.6 is 11.6 Å². The van der Waals surface area contributed by atoms with Gasteiger partial charge >= 0.3 is 0 Å². The topological polar surface area (TPSA) is 46.5 Å². The number of hydrogen-bond acceptors (Lipinski definition) is 3. The van der Waals surface area contributed by atoms with Gasteiger partial charge in [-0.25, -0.2) is 4.39 Å². The predicted octanol–water partition coefficient (Wildman–Crippen LogP) is 6.13. The Balaban J connectivity index is 1.67. The summed E-state index contributed by atoms with van der Waals surface area (Å²) in [6.45, 7) is 5.99. The van der Waals surface area contributed by atoms with Crippen molar-refractivity contribution < 1.29 is 19.0 Å². The van der Waals surface area contributed by atoms with E-state index in [1.807, 2.05) is 39.0 Å². The second-order valence-electron chi connectivity index (χ2n) is 9.16. The van der Waals surface area contributed by atoms with Crippen LogP contribution in [0.3, 0.4) is 0 Å². The zero-order valence-electron chi connectivity index (χ0n) is 17.3. The van der Waals surface area contributed by atoms with Gasteiger partial charge < -0.3 is 9.84 Å². The molecule has 4 atom stereocenters. The summed E-state index contributed by atoms with van der Waals surface area (Å²) in [6.07, 6.45) is 2.34. The highest BCUT2D eigenvalue weighted by atomic mass is 35.5. The molecular formula is C25H24ClFO3. The SMILES string of the molecule is CCc1ccc(-c2ccc(Cl)cc2F)cc1C1=C(O)[C@H]2[C@@H](C1=O)C1(C)CCC2(C)O1. The Labute approximate surface area is 180 Å². The number of ether oxygens (including phenoxy) is 1. The highest BCUT2D eigenvalue weighted by Gasteiger charge is 2.69. The summed E-state index contributed by atoms with van der Waals surface area (Å²) in [4.78, 5) is 13.6. The lowest BCUT2D eigenvalue weighted by atomic mass is 9.68. The lowest BCUT2D eigenvalue weighted by Gasteiger charge is -2.30. The second kappa shape index (κ2) is 6.41. The molecule has 0 spiro atoms. The summed E-state index contributed by atoms with van der Waals surface area (Å²) in [5, 5.41) is 11.6. The van der Waals surface area contributed by atoms with Crippen LogP contribution in [-0.2, 0) is 16.0 Å². The predicted molar refractivity (Wildman–Crippen MR) is 115 cm³/mol. The molecule has 2 aromatic rings. The molecule has 156 valence electrons. The maximum Gasteiger partial charge on any atom is 0.173 e. The number of allylic oxidation sites excluding steroid dienone is 1. The van der Waals surface area contributed by atoms with Crippen molar-refractivity contribution in [2.45, 2.75) is 51.2 Å². The van der Waals surface area contributed by atoms with Gasteiger partial charge in [-0.3, -0.25) is 4.79 Å². The molecule has 2 aliphatic heterocycles. The van der Waals surface area contributed by atoms with Crippen molar-refractivity contribution in [1.29, 1.82) is 0 Å². The van der Waals surface area contributed by atoms with Crippen LogP contribution in [0.15, 0.2) is 42.2 Å². The van der Waals surface area contributed by atoms with Gasteiger partial charge in [0.2, 0.25) is 0 Å². The first-order valence-electron chi connectivity index (χ1n) is 10.4. The number of Topliss-reactive ketones (excluding diaryl/α,β-unsaturated/α-hetero) is 1. The number of halogens is 2. The molecule has 1 N–H and O–H groups in total. The molecule has 2 bridgehead atoms. The van der Waals surface area contributed by atoms with Crippen molar-refractivity contribution >= 4 is 23.0 Å². The van der Waals surface area contributed by atoms with Crippen LogP contribution in [0.1, 0.15) is 44.7 Å². The lowest BCUT2D eigenvalue weighted by molar-refractivity contribution is -0.121. The molecular weight excluding hydrogens is 403 g/mol. The zero-order chi connectivity index (χ0) is 21.4. The van der Waals surface area contributed by atoms with E-state index in [4.69, 9.17) is 16.3 Å². The Morgan fingerprint density at radius 3 is 2.43 bits per heavy atom. The van der Waals surface area contributed by atoms with Gasteiger partial charge in [0.1, 0.15) is 11.6 Å². The van der Waals surface area contributed by atoms with Crippen LogP contribution in [0.4, 0.5) is 4.39 Å². The van der Waals surface area contributed by atoms with Crippen molar-refractivity contribution in [3.05, 3.63) is 64.1 Å². The molecule has 0 aromatic heterocycles. The number of aliphatic hydroxyl groups excluding tert-OH is 1. The lowest BCUT2D eigenvalue weighted by Crippen LogP contribution is -2.39. The maximum atomic E-state index is 14.6. The number of fused-ring (bicyclic) bond motifs is 5. The first kappa shape index (κ1) is 19.8. The fourth-order valence-electron chi connectivity index (χ4n) is 5.87. The molecule has 2 heterocycles. The number of aryl methyl sites for hydroxylation is 1. The van der Waals surface area contributed by atoms with E-state index in [9.17, 15) is 14.3 Å². The average molecular weight is 427 g/mol. The number of carbonyl (C=O) groups is 1. The summed E-state index contributed by atoms with van der Waals surface area (Å²) >= 11 is 5.90. The smallest absolute Gasteiger partial charge is 0.173 e. The minimum atomic E-state index is -0.543. The largest absolute Gasteiger partial charge is 0.511 e. The van der Waals surface area contributed by atoms with Crippen molar-refractivity contribution in [3.63, 3.8) is 0 Å². The molecule has 2 aromatic carbocycles. The van der Waals surface area contributed by atoms with Gasteiger partial charge in [-0.2, -0.15) is 0 Å². The summed E-state index contributed by atoms with van der Waals surface area (Å²) in [7, 11) is 0. The summed E-state index contributed by atoms with van der Waals surface area (Å²) in [5.41, 5.74) is 2.01. The van der Waals surface area contributed by atoms with Gasteiger partial charge in [-0.15, -0.1) is 0 Å². The quantitative estimate of drug-likeness (QED) is 0.641. The fourth-order valence-corrected chi connectivity index (χ4v) is 6.03. The fraction of sp³-hybridized carbons (Fsp3) is 0.400. The highest BCUT2D eigenvalue weighted by Crippen LogP contribution is 2.63. The van der Waals surface area contributed by atoms with E-state index in [0.29, 0.717) is 33.7 Å². The average Bonchev–Trinajstić information content (AvgIpc) is 3.25. The second-order valence-corrected chi connectivity index (χ2v) is 9.59. The normalized spacial score (nSPS) is 32.2. The Bertz CT molecular complexity index is 1120. The molecule has 2 fully saturated rings. The molecule has 3 aliphatic rings. The van der Waals surface area contributed by atoms with Crippen molar-refractivity contribution in [1.82, 2.24) is 0 Å². The van der Waals surface area contributed by atoms with Crippen molar-refractivity contribution in [2.75, 3.05) is 0 Å². The Morgan fingerprint density at radius 2 is 1.80 bits per heavy atom. The monoisotopic (exact) mass is 426 g/mol. The first-order chi connectivity index (χ1) is 14.2. The van der Waals surface area contributed by atoms with Crippen LogP contribution < -0.4 is 0 Å². The van der Waals surface area contributed by atoms with E-state index in [1.165, 1.54) is 6.07 Å². The minimum absolute atomic E-state index is 0.0631. The summed E-state index contributed by atoms with van der Waals surface area (Å²) in [5.74, 6) is -1.05. The minimum Gasteiger partial charge on any atom is -0.511 e. The van der Waals surface area contributed by atoms with Crippen LogP contribution in [0.2, 0.25) is 5.02 Å². The van der Waals surface area contributed by atoms with Gasteiger partial charge in [0, 0.05) is 10.6 Å². The van der Waals surface area contributed by atoms with E-state index >= 15 is 0 Å².